The second kappa shape index (κ2) is 13.0. The SMILES string of the molecule is CCC(C)C(NC(=O)OC(C)(C)C)C(=O)N(C1CCC1)C(C(=O)Nc1ccc(OC)cc1)c1ccc(C)cc1. The van der Waals surface area contributed by atoms with Gasteiger partial charge in [-0.05, 0) is 82.7 Å². The molecule has 0 aliphatic heterocycles. The molecule has 0 heterocycles. The molecule has 3 amide bonds. The predicted molar refractivity (Wildman–Crippen MR) is 153 cm³/mol. The third-order valence-electron chi connectivity index (χ3n) is 7.15. The zero-order chi connectivity index (χ0) is 28.7. The van der Waals surface area contributed by atoms with E-state index in [0.717, 1.165) is 24.8 Å². The Morgan fingerprint density at radius 3 is 2.13 bits per heavy atom. The van der Waals surface area contributed by atoms with Crippen LogP contribution in [0.5, 0.6) is 5.75 Å². The number of anilines is 1. The van der Waals surface area contributed by atoms with Crippen LogP contribution in [0.3, 0.4) is 0 Å². The molecular weight excluding hydrogens is 494 g/mol. The molecule has 1 aliphatic carbocycles. The van der Waals surface area contributed by atoms with Crippen LogP contribution in [0.4, 0.5) is 10.5 Å². The van der Waals surface area contributed by atoms with Crippen LogP contribution in [0.15, 0.2) is 48.5 Å². The smallest absolute Gasteiger partial charge is 0.408 e. The number of nitrogens with zero attached hydrogens (tertiary/aromatic N) is 1. The Morgan fingerprint density at radius 2 is 1.64 bits per heavy atom. The Balaban J connectivity index is 2.01. The summed E-state index contributed by atoms with van der Waals surface area (Å²) in [4.78, 5) is 42.8. The lowest BCUT2D eigenvalue weighted by atomic mass is 9.86. The first kappa shape index (κ1) is 30.0. The molecule has 1 saturated carbocycles. The van der Waals surface area contributed by atoms with Crippen molar-refractivity contribution in [3.63, 3.8) is 0 Å². The third-order valence-corrected chi connectivity index (χ3v) is 7.15. The number of rotatable bonds is 10. The lowest BCUT2D eigenvalue weighted by Gasteiger charge is -2.44. The molecule has 0 aromatic heterocycles. The first-order valence-electron chi connectivity index (χ1n) is 13.8. The van der Waals surface area contributed by atoms with Gasteiger partial charge < -0.3 is 25.0 Å². The van der Waals surface area contributed by atoms with Crippen molar-refractivity contribution in [2.24, 2.45) is 5.92 Å². The second-order valence-electron chi connectivity index (χ2n) is 11.4. The van der Waals surface area contributed by atoms with Crippen LogP contribution in [-0.4, -0.2) is 47.6 Å². The Kier molecular flexibility index (Phi) is 10.0. The minimum Gasteiger partial charge on any atom is -0.497 e. The van der Waals surface area contributed by atoms with Gasteiger partial charge in [-0.25, -0.2) is 4.79 Å². The number of hydrogen-bond acceptors (Lipinski definition) is 5. The number of ether oxygens (including phenoxy) is 2. The lowest BCUT2D eigenvalue weighted by molar-refractivity contribution is -0.147. The van der Waals surface area contributed by atoms with E-state index in [9.17, 15) is 14.4 Å². The topological polar surface area (TPSA) is 97.0 Å². The van der Waals surface area contributed by atoms with Crippen LogP contribution in [0.1, 0.15) is 77.5 Å². The van der Waals surface area contributed by atoms with Crippen molar-refractivity contribution < 1.29 is 23.9 Å². The van der Waals surface area contributed by atoms with Gasteiger partial charge in [0, 0.05) is 11.7 Å². The summed E-state index contributed by atoms with van der Waals surface area (Å²) in [6, 6.07) is 12.9. The van der Waals surface area contributed by atoms with E-state index in [2.05, 4.69) is 10.6 Å². The third kappa shape index (κ3) is 7.97. The molecule has 3 atom stereocenters. The minimum atomic E-state index is -0.877. The van der Waals surface area contributed by atoms with E-state index < -0.39 is 23.8 Å². The normalized spacial score (nSPS) is 15.8. The van der Waals surface area contributed by atoms with E-state index in [-0.39, 0.29) is 23.8 Å². The standard InChI is InChI=1S/C31H43N3O5/c1-8-21(3)26(33-30(37)39-31(4,5)6)29(36)34(24-10-9-11-24)27(22-14-12-20(2)13-15-22)28(35)32-23-16-18-25(38-7)19-17-23/h12-19,21,24,26-27H,8-11H2,1-7H3,(H,32,35)(H,33,37). The molecule has 1 fully saturated rings. The Morgan fingerprint density at radius 1 is 1.03 bits per heavy atom. The highest BCUT2D eigenvalue weighted by Crippen LogP contribution is 2.35. The monoisotopic (exact) mass is 537 g/mol. The van der Waals surface area contributed by atoms with Crippen molar-refractivity contribution in [3.05, 3.63) is 59.7 Å². The average molecular weight is 538 g/mol. The number of methoxy groups -OCH3 is 1. The summed E-state index contributed by atoms with van der Waals surface area (Å²) in [6.07, 6.45) is 2.58. The number of amides is 3. The Bertz CT molecular complexity index is 1120. The molecule has 2 N–H and O–H groups in total. The van der Waals surface area contributed by atoms with Crippen molar-refractivity contribution in [2.75, 3.05) is 12.4 Å². The van der Waals surface area contributed by atoms with Crippen molar-refractivity contribution in [1.82, 2.24) is 10.2 Å². The molecule has 1 aliphatic rings. The minimum absolute atomic E-state index is 0.114. The number of carbonyl (C=O) groups is 3. The van der Waals surface area contributed by atoms with Crippen molar-refractivity contribution in [2.45, 2.75) is 91.0 Å². The molecule has 3 rings (SSSR count). The number of alkyl carbamates (subject to hydrolysis) is 1. The fourth-order valence-electron chi connectivity index (χ4n) is 4.53. The summed E-state index contributed by atoms with van der Waals surface area (Å²) in [5.41, 5.74) is 1.67. The first-order valence-corrected chi connectivity index (χ1v) is 13.8. The van der Waals surface area contributed by atoms with Crippen LogP contribution >= 0.6 is 0 Å². The molecule has 2 aromatic rings. The number of carbonyl (C=O) groups excluding carboxylic acids is 3. The first-order chi connectivity index (χ1) is 18.4. The zero-order valence-corrected chi connectivity index (χ0v) is 24.2. The van der Waals surface area contributed by atoms with E-state index in [1.54, 1.807) is 57.0 Å². The van der Waals surface area contributed by atoms with Gasteiger partial charge in [-0.15, -0.1) is 0 Å². The molecule has 212 valence electrons. The van der Waals surface area contributed by atoms with Gasteiger partial charge >= 0.3 is 6.09 Å². The maximum atomic E-state index is 14.4. The molecular formula is C31H43N3O5. The van der Waals surface area contributed by atoms with Gasteiger partial charge in [0.05, 0.1) is 7.11 Å². The number of hydrogen-bond donors (Lipinski definition) is 2. The second-order valence-corrected chi connectivity index (χ2v) is 11.4. The maximum absolute atomic E-state index is 14.4. The van der Waals surface area contributed by atoms with Crippen molar-refractivity contribution in [1.29, 1.82) is 0 Å². The largest absolute Gasteiger partial charge is 0.497 e. The highest BCUT2D eigenvalue weighted by atomic mass is 16.6. The van der Waals surface area contributed by atoms with Gasteiger partial charge in [-0.1, -0.05) is 50.1 Å². The van der Waals surface area contributed by atoms with E-state index in [1.165, 1.54) is 0 Å². The van der Waals surface area contributed by atoms with Crippen LogP contribution in [0, 0.1) is 12.8 Å². The summed E-state index contributed by atoms with van der Waals surface area (Å²) in [5, 5.41) is 5.82. The molecule has 8 heteroatoms. The Labute approximate surface area is 232 Å². The highest BCUT2D eigenvalue weighted by Gasteiger charge is 2.43. The molecule has 39 heavy (non-hydrogen) atoms. The van der Waals surface area contributed by atoms with Crippen LogP contribution in [0.2, 0.25) is 0 Å². The fourth-order valence-corrected chi connectivity index (χ4v) is 4.53. The zero-order valence-electron chi connectivity index (χ0n) is 24.2. The quantitative estimate of drug-likeness (QED) is 0.387. The number of aryl methyl sites for hydroxylation is 1. The van der Waals surface area contributed by atoms with Crippen LogP contribution in [-0.2, 0) is 14.3 Å². The molecule has 3 unspecified atom stereocenters. The van der Waals surface area contributed by atoms with Gasteiger partial charge in [0.25, 0.3) is 5.91 Å². The van der Waals surface area contributed by atoms with Crippen molar-refractivity contribution in [3.8, 4) is 5.75 Å². The maximum Gasteiger partial charge on any atom is 0.408 e. The van der Waals surface area contributed by atoms with Crippen LogP contribution < -0.4 is 15.4 Å². The lowest BCUT2D eigenvalue weighted by Crippen LogP contribution is -2.58. The van der Waals surface area contributed by atoms with Crippen LogP contribution in [0.25, 0.3) is 0 Å². The molecule has 2 aromatic carbocycles. The summed E-state index contributed by atoms with van der Waals surface area (Å²) in [6.45, 7) is 11.2. The highest BCUT2D eigenvalue weighted by molar-refractivity contribution is 5.99. The van der Waals surface area contributed by atoms with Gasteiger partial charge in [-0.3, -0.25) is 9.59 Å². The summed E-state index contributed by atoms with van der Waals surface area (Å²) >= 11 is 0. The van der Waals surface area contributed by atoms with E-state index in [1.807, 2.05) is 45.0 Å². The summed E-state index contributed by atoms with van der Waals surface area (Å²) < 4.78 is 10.7. The van der Waals surface area contributed by atoms with Gasteiger partial charge in [0.15, 0.2) is 0 Å². The average Bonchev–Trinajstić information content (AvgIpc) is 2.85. The molecule has 0 saturated heterocycles. The fraction of sp³-hybridized carbons (Fsp3) is 0.516. The summed E-state index contributed by atoms with van der Waals surface area (Å²) in [7, 11) is 1.59. The molecule has 0 bridgehead atoms. The number of benzene rings is 2. The van der Waals surface area contributed by atoms with Gasteiger partial charge in [0.2, 0.25) is 5.91 Å². The molecule has 8 nitrogen and oxygen atoms in total. The molecule has 0 spiro atoms. The molecule has 0 radical (unpaired) electrons. The number of nitrogens with one attached hydrogen (secondary N) is 2. The van der Waals surface area contributed by atoms with Gasteiger partial charge in [0.1, 0.15) is 23.4 Å². The van der Waals surface area contributed by atoms with E-state index in [4.69, 9.17) is 9.47 Å². The van der Waals surface area contributed by atoms with Gasteiger partial charge in [-0.2, -0.15) is 0 Å². The van der Waals surface area contributed by atoms with Crippen molar-refractivity contribution >= 4 is 23.6 Å². The summed E-state index contributed by atoms with van der Waals surface area (Å²) in [5.74, 6) is -0.0883. The predicted octanol–water partition coefficient (Wildman–Crippen LogP) is 6.00. The van der Waals surface area contributed by atoms with E-state index in [0.29, 0.717) is 23.4 Å². The Hall–Kier alpha value is -3.55. The van der Waals surface area contributed by atoms with E-state index >= 15 is 0 Å².